The van der Waals surface area contributed by atoms with Crippen LogP contribution in [0, 0.1) is 50.2 Å². The van der Waals surface area contributed by atoms with E-state index in [2.05, 4.69) is 47.6 Å². The van der Waals surface area contributed by atoms with Crippen molar-refractivity contribution in [1.29, 1.82) is 0 Å². The molecule has 0 aromatic carbocycles. The van der Waals surface area contributed by atoms with Gasteiger partial charge in [0.1, 0.15) is 12.2 Å². The van der Waals surface area contributed by atoms with Crippen molar-refractivity contribution in [3.63, 3.8) is 0 Å². The van der Waals surface area contributed by atoms with Gasteiger partial charge in [0.15, 0.2) is 12.4 Å². The Hall–Kier alpha value is -1.52. The van der Waals surface area contributed by atoms with Gasteiger partial charge in [-0.1, -0.05) is 53.2 Å². The lowest BCUT2D eigenvalue weighted by molar-refractivity contribution is -0.313. The number of carbonyl (C=O) groups is 2. The van der Waals surface area contributed by atoms with E-state index in [-0.39, 0.29) is 46.7 Å². The summed E-state index contributed by atoms with van der Waals surface area (Å²) in [5.74, 6) is -0.567. The summed E-state index contributed by atoms with van der Waals surface area (Å²) in [6, 6.07) is 0. The average molecular weight is 647 g/mol. The molecule has 0 amide bonds. The highest BCUT2D eigenvalue weighted by atomic mass is 16.7. The van der Waals surface area contributed by atoms with Gasteiger partial charge in [0.05, 0.1) is 24.7 Å². The summed E-state index contributed by atoms with van der Waals surface area (Å²) in [4.78, 5) is 24.4. The van der Waals surface area contributed by atoms with Crippen molar-refractivity contribution in [1.82, 2.24) is 0 Å². The number of ether oxygens (including phenoxy) is 3. The molecule has 0 unspecified atom stereocenters. The molecule has 1 aliphatic heterocycles. The molecule has 260 valence electrons. The Bertz CT molecular complexity index is 1260. The van der Waals surface area contributed by atoms with Gasteiger partial charge in [0.2, 0.25) is 0 Å². The van der Waals surface area contributed by atoms with E-state index < -0.39 is 53.5 Å². The number of aliphatic carboxylic acids is 1. The number of rotatable bonds is 5. The number of esters is 1. The average Bonchev–Trinajstić information content (AvgIpc) is 2.98. The molecule has 9 nitrogen and oxygen atoms in total. The van der Waals surface area contributed by atoms with E-state index in [1.54, 1.807) is 0 Å². The minimum atomic E-state index is -1.39. The Kier molecular flexibility index (Phi) is 8.41. The number of aliphatic hydroxyl groups is 3. The van der Waals surface area contributed by atoms with Crippen molar-refractivity contribution in [3.05, 3.63) is 11.6 Å². The minimum Gasteiger partial charge on any atom is -0.481 e. The number of carbonyl (C=O) groups excluding carboxylic acids is 1. The quantitative estimate of drug-likeness (QED) is 0.179. The van der Waals surface area contributed by atoms with Crippen LogP contribution in [0.15, 0.2) is 11.6 Å². The molecule has 0 aromatic rings. The Morgan fingerprint density at radius 1 is 0.935 bits per heavy atom. The molecule has 6 rings (SSSR count). The highest BCUT2D eigenvalue weighted by molar-refractivity contribution is 5.76. The van der Waals surface area contributed by atoms with Gasteiger partial charge in [-0.2, -0.15) is 0 Å². The smallest absolute Gasteiger partial charge is 0.310 e. The maximum atomic E-state index is 13.0. The van der Waals surface area contributed by atoms with Crippen molar-refractivity contribution >= 4 is 11.9 Å². The van der Waals surface area contributed by atoms with Gasteiger partial charge >= 0.3 is 11.9 Å². The molecule has 9 heteroatoms. The number of carboxylic acid groups (broad SMARTS) is 1. The zero-order valence-electron chi connectivity index (χ0n) is 29.0. The zero-order chi connectivity index (χ0) is 33.7. The Labute approximate surface area is 274 Å². The third-order valence-corrected chi connectivity index (χ3v) is 15.2. The second-order valence-electron chi connectivity index (χ2n) is 17.8. The lowest BCUT2D eigenvalue weighted by atomic mass is 9.33. The summed E-state index contributed by atoms with van der Waals surface area (Å²) in [6.07, 6.45) is 5.98. The summed E-state index contributed by atoms with van der Waals surface area (Å²) in [5.41, 5.74) is 0.111. The predicted molar refractivity (Wildman–Crippen MR) is 170 cm³/mol. The molecule has 0 radical (unpaired) electrons. The van der Waals surface area contributed by atoms with E-state index in [0.717, 1.165) is 57.8 Å². The van der Waals surface area contributed by atoms with Crippen LogP contribution in [0.1, 0.15) is 113 Å². The van der Waals surface area contributed by atoms with Crippen LogP contribution in [0.4, 0.5) is 0 Å². The molecule has 0 bridgehead atoms. The molecule has 1 heterocycles. The molecule has 5 aliphatic carbocycles. The van der Waals surface area contributed by atoms with Gasteiger partial charge in [-0.05, 0) is 104 Å². The Balaban J connectivity index is 1.28. The van der Waals surface area contributed by atoms with Crippen LogP contribution >= 0.6 is 0 Å². The third-order valence-electron chi connectivity index (χ3n) is 15.2. The van der Waals surface area contributed by atoms with Gasteiger partial charge in [0, 0.05) is 12.3 Å². The van der Waals surface area contributed by atoms with Gasteiger partial charge in [0.25, 0.3) is 0 Å². The first-order valence-electron chi connectivity index (χ1n) is 17.7. The van der Waals surface area contributed by atoms with E-state index in [0.29, 0.717) is 12.3 Å². The van der Waals surface area contributed by atoms with E-state index in [9.17, 15) is 30.0 Å². The first-order valence-corrected chi connectivity index (χ1v) is 17.7. The van der Waals surface area contributed by atoms with Crippen LogP contribution in [-0.2, 0) is 23.8 Å². The maximum Gasteiger partial charge on any atom is 0.310 e. The van der Waals surface area contributed by atoms with Crippen LogP contribution in [0.2, 0.25) is 0 Å². The summed E-state index contributed by atoms with van der Waals surface area (Å²) in [5, 5.41) is 43.2. The fourth-order valence-corrected chi connectivity index (χ4v) is 12.2. The zero-order valence-corrected chi connectivity index (χ0v) is 29.0. The molecule has 4 N–H and O–H groups in total. The van der Waals surface area contributed by atoms with Gasteiger partial charge in [-0.3, -0.25) is 9.59 Å². The predicted octanol–water partition coefficient (Wildman–Crippen LogP) is 5.24. The molecular weight excluding hydrogens is 588 g/mol. The fraction of sp³-hybridized carbons (Fsp3) is 0.892. The summed E-state index contributed by atoms with van der Waals surface area (Å²) >= 11 is 0. The van der Waals surface area contributed by atoms with Crippen molar-refractivity contribution in [2.24, 2.45) is 50.2 Å². The number of hydrogen-bond acceptors (Lipinski definition) is 8. The number of aliphatic hydroxyl groups excluding tert-OH is 3. The number of allylic oxidation sites excluding steroid dienone is 2. The van der Waals surface area contributed by atoms with Crippen molar-refractivity contribution in [2.45, 2.75) is 143 Å². The Morgan fingerprint density at radius 2 is 1.63 bits per heavy atom. The third kappa shape index (κ3) is 4.79. The standard InChI is InChI=1S/C37H58O9/c1-21(39)45-24-19-44-30(29(41)28(24)40)46-27-11-12-33(4)25(34(27,5)20-38)10-13-36(7)26(33)9-8-22-23-18-32(2,3)14-16-37(23,31(42)43)17-15-35(22,36)6/h8,23-30,38,40-41H,9-20H2,1-7H3,(H,42,43)/t23-,24-,25+,26+,27-,28-,29+,30-,33-,34-,35+,36+,37-/m0/s1. The molecule has 1 saturated heterocycles. The summed E-state index contributed by atoms with van der Waals surface area (Å²) in [7, 11) is 0. The number of hydrogen-bond donors (Lipinski definition) is 4. The van der Waals surface area contributed by atoms with Crippen molar-refractivity contribution in [2.75, 3.05) is 13.2 Å². The molecule has 46 heavy (non-hydrogen) atoms. The van der Waals surface area contributed by atoms with Crippen LogP contribution in [-0.4, -0.2) is 76.3 Å². The monoisotopic (exact) mass is 646 g/mol. The molecule has 5 fully saturated rings. The summed E-state index contributed by atoms with van der Waals surface area (Å²) in [6.45, 7) is 15.2. The maximum absolute atomic E-state index is 13.0. The van der Waals surface area contributed by atoms with Crippen molar-refractivity contribution in [3.8, 4) is 0 Å². The van der Waals surface area contributed by atoms with E-state index in [4.69, 9.17) is 14.2 Å². The molecule has 0 aromatic heterocycles. The molecular formula is C37H58O9. The number of carboxylic acids is 1. The Morgan fingerprint density at radius 3 is 2.28 bits per heavy atom. The van der Waals surface area contributed by atoms with E-state index >= 15 is 0 Å². The van der Waals surface area contributed by atoms with E-state index in [1.165, 1.54) is 12.5 Å². The largest absolute Gasteiger partial charge is 0.481 e. The van der Waals surface area contributed by atoms with Gasteiger partial charge in [-0.15, -0.1) is 0 Å². The minimum absolute atomic E-state index is 0.00282. The van der Waals surface area contributed by atoms with Crippen LogP contribution in [0.3, 0.4) is 0 Å². The lowest BCUT2D eigenvalue weighted by Crippen LogP contribution is -2.66. The highest BCUT2D eigenvalue weighted by Crippen LogP contribution is 2.76. The second kappa shape index (κ2) is 11.3. The summed E-state index contributed by atoms with van der Waals surface area (Å²) < 4.78 is 17.4. The van der Waals surface area contributed by atoms with Gasteiger partial charge in [-0.25, -0.2) is 0 Å². The topological polar surface area (TPSA) is 143 Å². The molecule has 6 aliphatic rings. The number of fused-ring (bicyclic) bond motifs is 7. The van der Waals surface area contributed by atoms with Crippen LogP contribution in [0.5, 0.6) is 0 Å². The SMILES string of the molecule is CC(=O)O[C@H]1CO[C@@H](O[C@H]2CC[C@@]3(C)[C@@H](CC[C@]4(C)[C@@H]3CC=C3[C@@H]5CC(C)(C)CC[C@]5(C(=O)O)CC[C@]34C)[C@]2(C)CO)[C@H](O)[C@H]1O. The first-order chi connectivity index (χ1) is 21.4. The lowest BCUT2D eigenvalue weighted by Gasteiger charge is -2.71. The van der Waals surface area contributed by atoms with E-state index in [1.807, 2.05) is 0 Å². The van der Waals surface area contributed by atoms with Gasteiger partial charge < -0.3 is 34.6 Å². The molecule has 4 saturated carbocycles. The van der Waals surface area contributed by atoms with Crippen LogP contribution in [0.25, 0.3) is 0 Å². The van der Waals surface area contributed by atoms with Crippen LogP contribution < -0.4 is 0 Å². The second-order valence-corrected chi connectivity index (χ2v) is 17.8. The highest BCUT2D eigenvalue weighted by Gasteiger charge is 2.70. The van der Waals surface area contributed by atoms with Crippen molar-refractivity contribution < 1.29 is 44.2 Å². The fourth-order valence-electron chi connectivity index (χ4n) is 12.2. The molecule has 0 spiro atoms. The normalized spacial score (nSPS) is 51.4. The first kappa shape index (κ1) is 34.3. The molecule has 13 atom stereocenters.